The maximum absolute atomic E-state index is 8.59. The third kappa shape index (κ3) is 0.917. The van der Waals surface area contributed by atoms with Crippen molar-refractivity contribution in [2.24, 2.45) is 0 Å². The molecule has 0 aliphatic heterocycles. The number of benzene rings is 1. The Hall–Kier alpha value is -1.60. The molecule has 1 aromatic carbocycles. The normalized spacial score (nSPS) is 9.92. The second-order valence-electron chi connectivity index (χ2n) is 2.32. The topological polar surface area (TPSA) is 62.7 Å². The molecule has 0 fully saturated rings. The number of nitrogens with two attached hydrogens (primary N) is 1. The SMILES string of the molecule is N#Cc1nc2c(N)cccc2s1. The summed E-state index contributed by atoms with van der Waals surface area (Å²) < 4.78 is 0.964. The number of thiazole rings is 1. The zero-order chi connectivity index (χ0) is 8.55. The summed E-state index contributed by atoms with van der Waals surface area (Å²) in [6, 6.07) is 7.54. The highest BCUT2D eigenvalue weighted by molar-refractivity contribution is 7.19. The van der Waals surface area contributed by atoms with Gasteiger partial charge in [-0.05, 0) is 12.1 Å². The van der Waals surface area contributed by atoms with Gasteiger partial charge in [-0.3, -0.25) is 0 Å². The average Bonchev–Trinajstić information content (AvgIpc) is 2.49. The summed E-state index contributed by atoms with van der Waals surface area (Å²) >= 11 is 1.36. The van der Waals surface area contributed by atoms with Gasteiger partial charge < -0.3 is 5.73 Å². The van der Waals surface area contributed by atoms with E-state index in [9.17, 15) is 0 Å². The molecule has 0 saturated heterocycles. The molecular formula is C8H5N3S. The highest BCUT2D eigenvalue weighted by Crippen LogP contribution is 2.25. The van der Waals surface area contributed by atoms with Gasteiger partial charge in [0.25, 0.3) is 0 Å². The van der Waals surface area contributed by atoms with Crippen LogP contribution in [-0.4, -0.2) is 4.98 Å². The number of anilines is 1. The fraction of sp³-hybridized carbons (Fsp3) is 0. The number of aromatic nitrogens is 1. The average molecular weight is 175 g/mol. The summed E-state index contributed by atoms with van der Waals surface area (Å²) in [7, 11) is 0. The number of para-hydroxylation sites is 1. The molecule has 0 aliphatic rings. The maximum atomic E-state index is 8.59. The van der Waals surface area contributed by atoms with Gasteiger partial charge in [-0.1, -0.05) is 6.07 Å². The first-order chi connectivity index (χ1) is 5.81. The fourth-order valence-electron chi connectivity index (χ4n) is 1.02. The van der Waals surface area contributed by atoms with E-state index in [1.807, 2.05) is 18.2 Å². The number of nitrogen functional groups attached to an aromatic ring is 1. The number of fused-ring (bicyclic) bond motifs is 1. The van der Waals surface area contributed by atoms with E-state index in [4.69, 9.17) is 11.0 Å². The second-order valence-corrected chi connectivity index (χ2v) is 3.36. The standard InChI is InChI=1S/C8H5N3S/c9-4-7-11-8-5(10)2-1-3-6(8)12-7/h1-3H,10H2. The van der Waals surface area contributed by atoms with E-state index in [1.165, 1.54) is 11.3 Å². The lowest BCUT2D eigenvalue weighted by Gasteiger charge is -1.90. The van der Waals surface area contributed by atoms with Crippen LogP contribution in [0.1, 0.15) is 5.01 Å². The molecule has 0 atom stereocenters. The van der Waals surface area contributed by atoms with Crippen molar-refractivity contribution in [3.63, 3.8) is 0 Å². The van der Waals surface area contributed by atoms with E-state index in [0.717, 1.165) is 10.2 Å². The molecule has 4 heteroatoms. The third-order valence-electron chi connectivity index (χ3n) is 1.55. The zero-order valence-electron chi connectivity index (χ0n) is 6.11. The molecule has 0 bridgehead atoms. The number of nitrogens with zero attached hydrogens (tertiary/aromatic N) is 2. The van der Waals surface area contributed by atoms with E-state index in [-0.39, 0.29) is 0 Å². The van der Waals surface area contributed by atoms with Crippen molar-refractivity contribution < 1.29 is 0 Å². The molecule has 1 heterocycles. The Morgan fingerprint density at radius 3 is 3.00 bits per heavy atom. The van der Waals surface area contributed by atoms with Crippen molar-refractivity contribution in [2.45, 2.75) is 0 Å². The number of hydrogen-bond acceptors (Lipinski definition) is 4. The highest BCUT2D eigenvalue weighted by Gasteiger charge is 2.03. The van der Waals surface area contributed by atoms with Crippen molar-refractivity contribution in [3.8, 4) is 6.07 Å². The van der Waals surface area contributed by atoms with Gasteiger partial charge in [0.2, 0.25) is 0 Å². The van der Waals surface area contributed by atoms with Gasteiger partial charge in [0.1, 0.15) is 11.6 Å². The first-order valence-electron chi connectivity index (χ1n) is 3.36. The molecule has 0 unspecified atom stereocenters. The lowest BCUT2D eigenvalue weighted by Crippen LogP contribution is -1.84. The van der Waals surface area contributed by atoms with Crippen molar-refractivity contribution in [2.75, 3.05) is 5.73 Å². The smallest absolute Gasteiger partial charge is 0.195 e. The summed E-state index contributed by atoms with van der Waals surface area (Å²) in [4.78, 5) is 4.06. The highest BCUT2D eigenvalue weighted by atomic mass is 32.1. The quantitative estimate of drug-likeness (QED) is 0.620. The van der Waals surface area contributed by atoms with Crippen LogP contribution < -0.4 is 5.73 Å². The van der Waals surface area contributed by atoms with E-state index in [1.54, 1.807) is 6.07 Å². The van der Waals surface area contributed by atoms with Gasteiger partial charge in [-0.2, -0.15) is 5.26 Å². The molecule has 0 radical (unpaired) electrons. The summed E-state index contributed by atoms with van der Waals surface area (Å²) in [5, 5.41) is 9.05. The van der Waals surface area contributed by atoms with Gasteiger partial charge in [0, 0.05) is 0 Å². The summed E-state index contributed by atoms with van der Waals surface area (Å²) in [5.41, 5.74) is 7.02. The van der Waals surface area contributed by atoms with Crippen molar-refractivity contribution in [1.82, 2.24) is 4.98 Å². The Morgan fingerprint density at radius 1 is 1.50 bits per heavy atom. The Morgan fingerprint density at radius 2 is 2.33 bits per heavy atom. The molecule has 1 aromatic heterocycles. The van der Waals surface area contributed by atoms with Crippen molar-refractivity contribution >= 4 is 27.2 Å². The Labute approximate surface area is 73.1 Å². The van der Waals surface area contributed by atoms with Crippen LogP contribution >= 0.6 is 11.3 Å². The van der Waals surface area contributed by atoms with Crippen LogP contribution in [0.3, 0.4) is 0 Å². The Balaban J connectivity index is 2.85. The minimum atomic E-state index is 0.461. The zero-order valence-corrected chi connectivity index (χ0v) is 6.93. The molecule has 3 nitrogen and oxygen atoms in total. The van der Waals surface area contributed by atoms with Gasteiger partial charge in [0.15, 0.2) is 5.01 Å². The van der Waals surface area contributed by atoms with Crippen LogP contribution in [0.4, 0.5) is 5.69 Å². The number of nitriles is 1. The van der Waals surface area contributed by atoms with Crippen LogP contribution in [0.2, 0.25) is 0 Å². The fourth-order valence-corrected chi connectivity index (χ4v) is 1.82. The lowest BCUT2D eigenvalue weighted by molar-refractivity contribution is 1.40. The van der Waals surface area contributed by atoms with Crippen LogP contribution in [-0.2, 0) is 0 Å². The first-order valence-corrected chi connectivity index (χ1v) is 4.18. The molecule has 0 spiro atoms. The maximum Gasteiger partial charge on any atom is 0.195 e. The van der Waals surface area contributed by atoms with Crippen LogP contribution in [0.15, 0.2) is 18.2 Å². The lowest BCUT2D eigenvalue weighted by atomic mass is 10.3. The molecule has 2 rings (SSSR count). The molecule has 58 valence electrons. The van der Waals surface area contributed by atoms with E-state index < -0.39 is 0 Å². The second kappa shape index (κ2) is 2.47. The largest absolute Gasteiger partial charge is 0.397 e. The molecule has 2 N–H and O–H groups in total. The molecule has 2 aromatic rings. The van der Waals surface area contributed by atoms with Gasteiger partial charge in [-0.15, -0.1) is 11.3 Å². The monoisotopic (exact) mass is 175 g/mol. The Bertz CT molecular complexity index is 467. The van der Waals surface area contributed by atoms with Gasteiger partial charge in [0.05, 0.1) is 10.4 Å². The molecule has 0 amide bonds. The minimum Gasteiger partial charge on any atom is -0.397 e. The van der Waals surface area contributed by atoms with E-state index in [0.29, 0.717) is 10.7 Å². The number of hydrogen-bond donors (Lipinski definition) is 1. The summed E-state index contributed by atoms with van der Waals surface area (Å²) in [6.07, 6.45) is 0. The van der Waals surface area contributed by atoms with Crippen molar-refractivity contribution in [3.05, 3.63) is 23.2 Å². The minimum absolute atomic E-state index is 0.461. The van der Waals surface area contributed by atoms with Gasteiger partial charge >= 0.3 is 0 Å². The number of rotatable bonds is 0. The molecular weight excluding hydrogens is 170 g/mol. The van der Waals surface area contributed by atoms with E-state index in [2.05, 4.69) is 4.98 Å². The first kappa shape index (κ1) is 7.07. The molecule has 0 saturated carbocycles. The summed E-state index contributed by atoms with van der Waals surface area (Å²) in [6.45, 7) is 0. The Kier molecular flexibility index (Phi) is 1.45. The van der Waals surface area contributed by atoms with E-state index >= 15 is 0 Å². The predicted octanol–water partition coefficient (Wildman–Crippen LogP) is 1.75. The predicted molar refractivity (Wildman–Crippen MR) is 48.7 cm³/mol. The van der Waals surface area contributed by atoms with Gasteiger partial charge in [-0.25, -0.2) is 4.98 Å². The summed E-state index contributed by atoms with van der Waals surface area (Å²) in [5.74, 6) is 0. The van der Waals surface area contributed by atoms with Crippen molar-refractivity contribution in [1.29, 1.82) is 5.26 Å². The molecule has 0 aliphatic carbocycles. The molecule has 12 heavy (non-hydrogen) atoms. The third-order valence-corrected chi connectivity index (χ3v) is 2.47. The van der Waals surface area contributed by atoms with Crippen LogP contribution in [0.25, 0.3) is 10.2 Å². The van der Waals surface area contributed by atoms with Crippen LogP contribution in [0.5, 0.6) is 0 Å². The van der Waals surface area contributed by atoms with Crippen LogP contribution in [0, 0.1) is 11.3 Å².